The molecule has 0 saturated heterocycles. The van der Waals surface area contributed by atoms with Crippen molar-refractivity contribution in [2.45, 2.75) is 26.7 Å². The molecule has 0 aromatic rings. The third-order valence-electron chi connectivity index (χ3n) is 1.93. The van der Waals surface area contributed by atoms with Crippen LogP contribution in [0.3, 0.4) is 0 Å². The van der Waals surface area contributed by atoms with E-state index in [1.54, 1.807) is 0 Å². The molecule has 0 aromatic heterocycles. The molecule has 0 aliphatic rings. The van der Waals surface area contributed by atoms with E-state index in [0.717, 1.165) is 32.5 Å². The second-order valence-corrected chi connectivity index (χ2v) is 3.22. The van der Waals surface area contributed by atoms with E-state index < -0.39 is 0 Å². The molecule has 2 heteroatoms. The van der Waals surface area contributed by atoms with Gasteiger partial charge in [0.15, 0.2) is 0 Å². The minimum Gasteiger partial charge on any atom is -0.396 e. The average molecular weight is 171 g/mol. The first kappa shape index (κ1) is 11.7. The first-order valence-corrected chi connectivity index (χ1v) is 4.68. The zero-order chi connectivity index (χ0) is 9.40. The predicted molar refractivity (Wildman–Crippen MR) is 53.2 cm³/mol. The van der Waals surface area contributed by atoms with E-state index in [4.69, 9.17) is 5.11 Å². The van der Waals surface area contributed by atoms with E-state index in [-0.39, 0.29) is 0 Å². The first-order valence-electron chi connectivity index (χ1n) is 4.68. The second kappa shape index (κ2) is 7.32. The maximum absolute atomic E-state index is 8.64. The van der Waals surface area contributed by atoms with E-state index in [0.29, 0.717) is 6.61 Å². The Morgan fingerprint density at radius 2 is 2.08 bits per heavy atom. The summed E-state index contributed by atoms with van der Waals surface area (Å²) >= 11 is 0. The van der Waals surface area contributed by atoms with Crippen molar-refractivity contribution >= 4 is 0 Å². The first-order chi connectivity index (χ1) is 5.70. The third kappa shape index (κ3) is 6.38. The van der Waals surface area contributed by atoms with Crippen molar-refractivity contribution in [3.05, 3.63) is 12.2 Å². The topological polar surface area (TPSA) is 23.5 Å². The Labute approximate surface area is 75.9 Å². The summed E-state index contributed by atoms with van der Waals surface area (Å²) in [6, 6.07) is 0. The highest BCUT2D eigenvalue weighted by molar-refractivity contribution is 4.88. The van der Waals surface area contributed by atoms with Crippen LogP contribution in [-0.2, 0) is 0 Å². The standard InChI is InChI=1S/C10H21NO/c1-4-11(7-5-9-12)8-6-10(2)3/h12H,2,4-9H2,1,3H3. The van der Waals surface area contributed by atoms with Crippen LogP contribution in [0, 0.1) is 0 Å². The lowest BCUT2D eigenvalue weighted by molar-refractivity contribution is 0.231. The third-order valence-corrected chi connectivity index (χ3v) is 1.93. The summed E-state index contributed by atoms with van der Waals surface area (Å²) in [5.74, 6) is 0. The van der Waals surface area contributed by atoms with E-state index in [1.165, 1.54) is 5.57 Å². The maximum atomic E-state index is 8.64. The molecule has 0 rings (SSSR count). The Bertz CT molecular complexity index is 123. The molecule has 0 fully saturated rings. The number of hydrogen-bond acceptors (Lipinski definition) is 2. The Morgan fingerprint density at radius 3 is 2.50 bits per heavy atom. The van der Waals surface area contributed by atoms with Crippen LogP contribution >= 0.6 is 0 Å². The van der Waals surface area contributed by atoms with Gasteiger partial charge < -0.3 is 10.0 Å². The van der Waals surface area contributed by atoms with Gasteiger partial charge in [-0.15, -0.1) is 6.58 Å². The molecule has 72 valence electrons. The molecule has 1 N–H and O–H groups in total. The summed E-state index contributed by atoms with van der Waals surface area (Å²) in [7, 11) is 0. The number of aliphatic hydroxyl groups is 1. The molecular formula is C10H21NO. The molecule has 0 aliphatic carbocycles. The van der Waals surface area contributed by atoms with Gasteiger partial charge >= 0.3 is 0 Å². The van der Waals surface area contributed by atoms with Gasteiger partial charge in [-0.2, -0.15) is 0 Å². The van der Waals surface area contributed by atoms with Crippen molar-refractivity contribution in [3.8, 4) is 0 Å². The number of nitrogens with zero attached hydrogens (tertiary/aromatic N) is 1. The van der Waals surface area contributed by atoms with Gasteiger partial charge in [-0.1, -0.05) is 12.5 Å². The summed E-state index contributed by atoms with van der Waals surface area (Å²) in [6.45, 7) is 11.5. The Morgan fingerprint density at radius 1 is 1.42 bits per heavy atom. The zero-order valence-electron chi connectivity index (χ0n) is 8.34. The maximum Gasteiger partial charge on any atom is 0.0443 e. The van der Waals surface area contributed by atoms with Gasteiger partial charge in [0.2, 0.25) is 0 Å². The summed E-state index contributed by atoms with van der Waals surface area (Å²) in [5.41, 5.74) is 1.23. The van der Waals surface area contributed by atoms with Crippen LogP contribution in [0.2, 0.25) is 0 Å². The van der Waals surface area contributed by atoms with Crippen molar-refractivity contribution in [3.63, 3.8) is 0 Å². The van der Waals surface area contributed by atoms with Crippen LogP contribution in [0.4, 0.5) is 0 Å². The van der Waals surface area contributed by atoms with Gasteiger partial charge in [-0.25, -0.2) is 0 Å². The van der Waals surface area contributed by atoms with E-state index in [1.807, 2.05) is 0 Å². The average Bonchev–Trinajstić information content (AvgIpc) is 2.05. The predicted octanol–water partition coefficient (Wildman–Crippen LogP) is 1.66. The lowest BCUT2D eigenvalue weighted by atomic mass is 10.2. The van der Waals surface area contributed by atoms with Gasteiger partial charge in [0, 0.05) is 19.7 Å². The van der Waals surface area contributed by atoms with E-state index >= 15 is 0 Å². The minimum atomic E-state index is 0.295. The zero-order valence-corrected chi connectivity index (χ0v) is 8.34. The van der Waals surface area contributed by atoms with Gasteiger partial charge in [-0.05, 0) is 26.3 Å². The van der Waals surface area contributed by atoms with Crippen LogP contribution in [0.5, 0.6) is 0 Å². The molecule has 0 unspecified atom stereocenters. The number of aliphatic hydroxyl groups excluding tert-OH is 1. The summed E-state index contributed by atoms with van der Waals surface area (Å²) < 4.78 is 0. The molecule has 0 bridgehead atoms. The van der Waals surface area contributed by atoms with E-state index in [2.05, 4.69) is 25.3 Å². The molecule has 2 nitrogen and oxygen atoms in total. The number of rotatable bonds is 7. The van der Waals surface area contributed by atoms with Crippen LogP contribution in [0.1, 0.15) is 26.7 Å². The second-order valence-electron chi connectivity index (χ2n) is 3.22. The van der Waals surface area contributed by atoms with Crippen molar-refractivity contribution in [1.82, 2.24) is 4.90 Å². The molecule has 0 heterocycles. The van der Waals surface area contributed by atoms with Crippen LogP contribution in [0.25, 0.3) is 0 Å². The quantitative estimate of drug-likeness (QED) is 0.589. The van der Waals surface area contributed by atoms with Crippen LogP contribution in [0.15, 0.2) is 12.2 Å². The number of hydrogen-bond donors (Lipinski definition) is 1. The van der Waals surface area contributed by atoms with Gasteiger partial charge in [0.1, 0.15) is 0 Å². The van der Waals surface area contributed by atoms with Gasteiger partial charge in [-0.3, -0.25) is 0 Å². The fourth-order valence-electron chi connectivity index (χ4n) is 1.07. The molecule has 0 radical (unpaired) electrons. The van der Waals surface area contributed by atoms with Crippen molar-refractivity contribution < 1.29 is 5.11 Å². The molecule has 0 saturated carbocycles. The Hall–Kier alpha value is -0.340. The summed E-state index contributed by atoms with van der Waals surface area (Å²) in [4.78, 5) is 2.34. The molecular weight excluding hydrogens is 150 g/mol. The summed E-state index contributed by atoms with van der Waals surface area (Å²) in [6.07, 6.45) is 1.95. The lowest BCUT2D eigenvalue weighted by Crippen LogP contribution is -2.26. The van der Waals surface area contributed by atoms with E-state index in [9.17, 15) is 0 Å². The smallest absolute Gasteiger partial charge is 0.0443 e. The Balaban J connectivity index is 3.45. The SMILES string of the molecule is C=C(C)CCN(CC)CCCO. The van der Waals surface area contributed by atoms with Crippen molar-refractivity contribution in [1.29, 1.82) is 0 Å². The monoisotopic (exact) mass is 171 g/mol. The van der Waals surface area contributed by atoms with Crippen LogP contribution < -0.4 is 0 Å². The largest absolute Gasteiger partial charge is 0.396 e. The van der Waals surface area contributed by atoms with Gasteiger partial charge in [0.25, 0.3) is 0 Å². The summed E-state index contributed by atoms with van der Waals surface area (Å²) in [5, 5.41) is 8.64. The highest BCUT2D eigenvalue weighted by Crippen LogP contribution is 1.99. The Kier molecular flexibility index (Phi) is 7.11. The highest BCUT2D eigenvalue weighted by atomic mass is 16.3. The molecule has 0 amide bonds. The van der Waals surface area contributed by atoms with Crippen molar-refractivity contribution in [2.24, 2.45) is 0 Å². The molecule has 0 atom stereocenters. The van der Waals surface area contributed by atoms with Crippen LogP contribution in [-0.4, -0.2) is 36.2 Å². The molecule has 0 aromatic carbocycles. The van der Waals surface area contributed by atoms with Crippen molar-refractivity contribution in [2.75, 3.05) is 26.2 Å². The fourth-order valence-corrected chi connectivity index (χ4v) is 1.07. The molecule has 0 aliphatic heterocycles. The van der Waals surface area contributed by atoms with Gasteiger partial charge in [0.05, 0.1) is 0 Å². The fraction of sp³-hybridized carbons (Fsp3) is 0.800. The molecule has 12 heavy (non-hydrogen) atoms. The molecule has 0 spiro atoms. The minimum absolute atomic E-state index is 0.295. The lowest BCUT2D eigenvalue weighted by Gasteiger charge is -2.19. The highest BCUT2D eigenvalue weighted by Gasteiger charge is 2.00. The normalized spacial score (nSPS) is 10.7.